The van der Waals surface area contributed by atoms with Crippen molar-refractivity contribution in [2.75, 3.05) is 31.1 Å². The molecule has 0 radical (unpaired) electrons. The number of nitrogens with zero attached hydrogens (tertiary/aromatic N) is 2. The van der Waals surface area contributed by atoms with E-state index in [-0.39, 0.29) is 24.0 Å². The quantitative estimate of drug-likeness (QED) is 0.339. The normalized spacial score (nSPS) is 20.7. The second-order valence-corrected chi connectivity index (χ2v) is 7.72. The van der Waals surface area contributed by atoms with E-state index in [4.69, 9.17) is 4.99 Å². The van der Waals surface area contributed by atoms with Crippen molar-refractivity contribution in [1.82, 2.24) is 10.6 Å². The van der Waals surface area contributed by atoms with E-state index >= 15 is 0 Å². The Bertz CT molecular complexity index is 567. The van der Waals surface area contributed by atoms with E-state index in [0.29, 0.717) is 12.6 Å². The first-order valence-corrected chi connectivity index (χ1v) is 10.3. The number of rotatable bonds is 5. The van der Waals surface area contributed by atoms with E-state index in [1.807, 2.05) is 0 Å². The zero-order chi connectivity index (χ0) is 18.2. The molecule has 3 rings (SSSR count). The van der Waals surface area contributed by atoms with Gasteiger partial charge in [0, 0.05) is 31.4 Å². The standard InChI is InChI=1S/C21H34N4O.HI/c1-2-22-20(23-17-21(26)13-7-4-8-14-21)24-18-11-15-25(16-12-18)19-9-5-3-6-10-19;/h3,5-6,9-10,18,26H,2,4,7-8,11-17H2,1H3,(H2,22,23,24);1H. The van der Waals surface area contributed by atoms with Crippen LogP contribution in [0.5, 0.6) is 0 Å². The summed E-state index contributed by atoms with van der Waals surface area (Å²) in [5, 5.41) is 17.6. The average molecular weight is 486 g/mol. The van der Waals surface area contributed by atoms with E-state index < -0.39 is 5.60 Å². The van der Waals surface area contributed by atoms with Crippen molar-refractivity contribution in [3.63, 3.8) is 0 Å². The Kier molecular flexibility index (Phi) is 9.15. The molecule has 1 saturated carbocycles. The van der Waals surface area contributed by atoms with Gasteiger partial charge in [-0.1, -0.05) is 37.5 Å². The van der Waals surface area contributed by atoms with Crippen LogP contribution < -0.4 is 15.5 Å². The number of anilines is 1. The predicted molar refractivity (Wildman–Crippen MR) is 124 cm³/mol. The van der Waals surface area contributed by atoms with Gasteiger partial charge in [0.25, 0.3) is 0 Å². The number of hydrogen-bond donors (Lipinski definition) is 3. The number of aliphatic imine (C=N–C) groups is 1. The topological polar surface area (TPSA) is 59.9 Å². The van der Waals surface area contributed by atoms with Crippen molar-refractivity contribution in [2.24, 2.45) is 4.99 Å². The lowest BCUT2D eigenvalue weighted by molar-refractivity contribution is 0.0131. The largest absolute Gasteiger partial charge is 0.388 e. The van der Waals surface area contributed by atoms with Gasteiger partial charge in [0.05, 0.1) is 12.1 Å². The van der Waals surface area contributed by atoms with Gasteiger partial charge in [-0.05, 0) is 44.7 Å². The van der Waals surface area contributed by atoms with Crippen molar-refractivity contribution >= 4 is 35.6 Å². The van der Waals surface area contributed by atoms with Crippen molar-refractivity contribution in [3.05, 3.63) is 30.3 Å². The Morgan fingerprint density at radius 3 is 2.44 bits per heavy atom. The Morgan fingerprint density at radius 1 is 1.15 bits per heavy atom. The molecule has 1 aliphatic carbocycles. The first kappa shape index (κ1) is 22.3. The molecule has 2 aliphatic rings. The van der Waals surface area contributed by atoms with E-state index in [1.165, 1.54) is 12.1 Å². The Labute approximate surface area is 181 Å². The number of nitrogens with one attached hydrogen (secondary N) is 2. The van der Waals surface area contributed by atoms with E-state index in [2.05, 4.69) is 52.8 Å². The highest BCUT2D eigenvalue weighted by Gasteiger charge is 2.29. The smallest absolute Gasteiger partial charge is 0.191 e. The number of piperidine rings is 1. The molecule has 5 nitrogen and oxygen atoms in total. The molecule has 0 amide bonds. The average Bonchev–Trinajstić information content (AvgIpc) is 2.68. The summed E-state index contributed by atoms with van der Waals surface area (Å²) in [6.45, 7) is 5.55. The molecule has 1 aromatic carbocycles. The summed E-state index contributed by atoms with van der Waals surface area (Å²) >= 11 is 0. The fraction of sp³-hybridized carbons (Fsp3) is 0.667. The summed E-state index contributed by atoms with van der Waals surface area (Å²) in [6.07, 6.45) is 7.44. The fourth-order valence-electron chi connectivity index (χ4n) is 4.03. The molecule has 3 N–H and O–H groups in total. The summed E-state index contributed by atoms with van der Waals surface area (Å²) in [5.41, 5.74) is 0.711. The molecule has 2 fully saturated rings. The van der Waals surface area contributed by atoms with Crippen LogP contribution >= 0.6 is 24.0 Å². The minimum Gasteiger partial charge on any atom is -0.388 e. The summed E-state index contributed by atoms with van der Waals surface area (Å²) in [7, 11) is 0. The highest BCUT2D eigenvalue weighted by Crippen LogP contribution is 2.28. The number of benzene rings is 1. The maximum Gasteiger partial charge on any atom is 0.191 e. The molecule has 0 unspecified atom stereocenters. The van der Waals surface area contributed by atoms with Crippen molar-refractivity contribution in [2.45, 2.75) is 63.5 Å². The molecule has 1 aliphatic heterocycles. The van der Waals surface area contributed by atoms with E-state index in [1.54, 1.807) is 0 Å². The molecular formula is C21H35IN4O. The number of aliphatic hydroxyl groups is 1. The van der Waals surface area contributed by atoms with Crippen LogP contribution in [-0.2, 0) is 0 Å². The molecule has 0 bridgehead atoms. The van der Waals surface area contributed by atoms with Gasteiger partial charge < -0.3 is 20.6 Å². The van der Waals surface area contributed by atoms with Gasteiger partial charge in [-0.25, -0.2) is 0 Å². The maximum absolute atomic E-state index is 10.7. The van der Waals surface area contributed by atoms with Crippen LogP contribution in [-0.4, -0.2) is 48.9 Å². The molecule has 152 valence electrons. The molecule has 1 saturated heterocycles. The zero-order valence-corrected chi connectivity index (χ0v) is 18.8. The minimum atomic E-state index is -0.600. The van der Waals surface area contributed by atoms with Crippen LogP contribution in [0.2, 0.25) is 0 Å². The third-order valence-corrected chi connectivity index (χ3v) is 5.62. The van der Waals surface area contributed by atoms with Gasteiger partial charge in [-0.2, -0.15) is 0 Å². The summed E-state index contributed by atoms with van der Waals surface area (Å²) < 4.78 is 0. The minimum absolute atomic E-state index is 0. The Morgan fingerprint density at radius 2 is 1.81 bits per heavy atom. The number of hydrogen-bond acceptors (Lipinski definition) is 3. The van der Waals surface area contributed by atoms with Gasteiger partial charge in [0.15, 0.2) is 5.96 Å². The second kappa shape index (κ2) is 11.1. The van der Waals surface area contributed by atoms with Crippen LogP contribution in [0.4, 0.5) is 5.69 Å². The molecule has 1 aromatic rings. The van der Waals surface area contributed by atoms with E-state index in [0.717, 1.165) is 64.1 Å². The molecule has 27 heavy (non-hydrogen) atoms. The van der Waals surface area contributed by atoms with Gasteiger partial charge in [0.1, 0.15) is 0 Å². The van der Waals surface area contributed by atoms with Gasteiger partial charge in [-0.3, -0.25) is 4.99 Å². The lowest BCUT2D eigenvalue weighted by Gasteiger charge is -2.35. The Hall–Kier alpha value is -1.02. The predicted octanol–water partition coefficient (Wildman–Crippen LogP) is 3.52. The first-order valence-electron chi connectivity index (χ1n) is 10.3. The van der Waals surface area contributed by atoms with Crippen LogP contribution in [0.3, 0.4) is 0 Å². The molecule has 0 atom stereocenters. The number of para-hydroxylation sites is 1. The van der Waals surface area contributed by atoms with Gasteiger partial charge in [0.2, 0.25) is 0 Å². The van der Waals surface area contributed by atoms with Gasteiger partial charge in [-0.15, -0.1) is 24.0 Å². The fourth-order valence-corrected chi connectivity index (χ4v) is 4.03. The lowest BCUT2D eigenvalue weighted by atomic mass is 9.85. The molecule has 1 heterocycles. The third kappa shape index (κ3) is 6.82. The highest BCUT2D eigenvalue weighted by atomic mass is 127. The van der Waals surface area contributed by atoms with Crippen LogP contribution in [0, 0.1) is 0 Å². The lowest BCUT2D eigenvalue weighted by Crippen LogP contribution is -2.49. The van der Waals surface area contributed by atoms with E-state index in [9.17, 15) is 5.11 Å². The van der Waals surface area contributed by atoms with Gasteiger partial charge >= 0.3 is 0 Å². The van der Waals surface area contributed by atoms with Crippen LogP contribution in [0.1, 0.15) is 51.9 Å². The summed E-state index contributed by atoms with van der Waals surface area (Å²) in [6, 6.07) is 11.1. The highest BCUT2D eigenvalue weighted by molar-refractivity contribution is 14.0. The summed E-state index contributed by atoms with van der Waals surface area (Å²) in [4.78, 5) is 7.16. The second-order valence-electron chi connectivity index (χ2n) is 7.72. The van der Waals surface area contributed by atoms with Crippen molar-refractivity contribution < 1.29 is 5.11 Å². The van der Waals surface area contributed by atoms with Crippen LogP contribution in [0.15, 0.2) is 35.3 Å². The molecule has 6 heteroatoms. The zero-order valence-electron chi connectivity index (χ0n) is 16.5. The first-order chi connectivity index (χ1) is 12.7. The third-order valence-electron chi connectivity index (χ3n) is 5.62. The SMILES string of the molecule is CCNC(=NCC1(O)CCCCC1)NC1CCN(c2ccccc2)CC1.I. The number of halogens is 1. The van der Waals surface area contributed by atoms with Crippen LogP contribution in [0.25, 0.3) is 0 Å². The molecule has 0 aromatic heterocycles. The summed E-state index contributed by atoms with van der Waals surface area (Å²) in [5.74, 6) is 0.852. The molecular weight excluding hydrogens is 451 g/mol. The van der Waals surface area contributed by atoms with Crippen molar-refractivity contribution in [3.8, 4) is 0 Å². The monoisotopic (exact) mass is 486 g/mol. The van der Waals surface area contributed by atoms with Crippen molar-refractivity contribution in [1.29, 1.82) is 0 Å². The molecule has 0 spiro atoms. The number of guanidine groups is 1. The Balaban J connectivity index is 0.00000261. The maximum atomic E-state index is 10.7.